The molecule has 6 rings (SSSR count). The molecule has 2 aliphatic heterocycles. The zero-order valence-electron chi connectivity index (χ0n) is 29.9. The molecule has 2 saturated heterocycles. The fraction of sp³-hybridized carbons (Fsp3) is 0.368. The zero-order valence-corrected chi connectivity index (χ0v) is 31.4. The molecule has 0 spiro atoms. The van der Waals surface area contributed by atoms with E-state index in [0.717, 1.165) is 64.0 Å². The number of ether oxygens (including phenoxy) is 2. The van der Waals surface area contributed by atoms with Crippen LogP contribution in [0.15, 0.2) is 73.1 Å². The van der Waals surface area contributed by atoms with Gasteiger partial charge in [0, 0.05) is 49.0 Å². The van der Waals surface area contributed by atoms with Gasteiger partial charge in [0.25, 0.3) is 11.8 Å². The number of benzene rings is 2. The average Bonchev–Trinajstić information content (AvgIpc) is 3.87. The van der Waals surface area contributed by atoms with Crippen LogP contribution in [0.25, 0.3) is 0 Å². The SMILES string of the molecule is O=C(Nc1ccc(C(F)(F)F)c(OCCN2CCCC2)c1)c1cccnc1Cl.O=C(Nc1ccc(C(F)(F)F)c(OCCN2CCCC2)c1)c1cccnc1Cl. The van der Waals surface area contributed by atoms with Gasteiger partial charge in [-0.2, -0.15) is 26.3 Å². The normalized spacial score (nSPS) is 14.9. The van der Waals surface area contributed by atoms with Gasteiger partial charge in [0.15, 0.2) is 0 Å². The Kier molecular flexibility index (Phi) is 14.8. The van der Waals surface area contributed by atoms with Crippen molar-refractivity contribution in [3.63, 3.8) is 0 Å². The molecule has 300 valence electrons. The van der Waals surface area contributed by atoms with Gasteiger partial charge in [-0.05, 0) is 100 Å². The van der Waals surface area contributed by atoms with Gasteiger partial charge in [-0.1, -0.05) is 23.2 Å². The molecule has 56 heavy (non-hydrogen) atoms. The first-order valence-electron chi connectivity index (χ1n) is 17.7. The summed E-state index contributed by atoms with van der Waals surface area (Å²) in [6.07, 6.45) is -1.89. The maximum Gasteiger partial charge on any atom is 0.419 e. The molecule has 0 radical (unpaired) electrons. The molecule has 2 aromatic carbocycles. The molecule has 0 aliphatic carbocycles. The van der Waals surface area contributed by atoms with Gasteiger partial charge >= 0.3 is 12.4 Å². The summed E-state index contributed by atoms with van der Waals surface area (Å²) in [7, 11) is 0. The highest BCUT2D eigenvalue weighted by atomic mass is 35.5. The molecule has 2 amide bonds. The number of nitrogens with zero attached hydrogens (tertiary/aromatic N) is 4. The van der Waals surface area contributed by atoms with Gasteiger partial charge in [-0.3, -0.25) is 19.4 Å². The average molecular weight is 828 g/mol. The Hall–Kier alpha value is -4.64. The van der Waals surface area contributed by atoms with E-state index < -0.39 is 35.3 Å². The number of likely N-dealkylation sites (tertiary alicyclic amines) is 2. The standard InChI is InChI=1S/2C19H19ClF3N3O2/c2*20-17-14(4-3-7-24-17)18(27)25-13-5-6-15(19(21,22)23)16(12-13)28-11-10-26-8-1-2-9-26/h2*3-7,12H,1-2,8-11H2,(H,25,27). The molecule has 4 aromatic rings. The fourth-order valence-electron chi connectivity index (χ4n) is 6.00. The van der Waals surface area contributed by atoms with Gasteiger partial charge in [-0.15, -0.1) is 0 Å². The highest BCUT2D eigenvalue weighted by Crippen LogP contribution is 2.39. The maximum atomic E-state index is 13.3. The maximum absolute atomic E-state index is 13.3. The first-order valence-corrected chi connectivity index (χ1v) is 18.4. The number of halogens is 8. The Balaban J connectivity index is 0.000000214. The smallest absolute Gasteiger partial charge is 0.419 e. The predicted octanol–water partition coefficient (Wildman–Crippen LogP) is 8.96. The Morgan fingerprint density at radius 3 is 1.34 bits per heavy atom. The third-order valence-corrected chi connectivity index (χ3v) is 9.43. The molecule has 0 bridgehead atoms. The van der Waals surface area contributed by atoms with Crippen molar-refractivity contribution in [1.29, 1.82) is 0 Å². The monoisotopic (exact) mass is 826 g/mol. The van der Waals surface area contributed by atoms with Crippen LogP contribution in [0.5, 0.6) is 11.5 Å². The number of rotatable bonds is 12. The van der Waals surface area contributed by atoms with E-state index in [1.165, 1.54) is 48.8 Å². The van der Waals surface area contributed by atoms with Crippen LogP contribution in [0.2, 0.25) is 10.3 Å². The number of aromatic nitrogens is 2. The highest BCUT2D eigenvalue weighted by molar-refractivity contribution is 6.33. The van der Waals surface area contributed by atoms with E-state index in [1.54, 1.807) is 12.1 Å². The fourth-order valence-corrected chi connectivity index (χ4v) is 6.41. The van der Waals surface area contributed by atoms with E-state index in [9.17, 15) is 35.9 Å². The lowest BCUT2D eigenvalue weighted by atomic mass is 10.1. The lowest BCUT2D eigenvalue weighted by molar-refractivity contribution is -0.139. The van der Waals surface area contributed by atoms with Crippen LogP contribution < -0.4 is 20.1 Å². The summed E-state index contributed by atoms with van der Waals surface area (Å²) in [6.45, 7) is 5.09. The molecule has 0 saturated carbocycles. The quantitative estimate of drug-likeness (QED) is 0.108. The molecule has 4 heterocycles. The summed E-state index contributed by atoms with van der Waals surface area (Å²) in [5, 5.41) is 5.07. The summed E-state index contributed by atoms with van der Waals surface area (Å²) in [5.74, 6) is -1.77. The van der Waals surface area contributed by atoms with Crippen LogP contribution in [0.3, 0.4) is 0 Å². The number of pyridine rings is 2. The number of nitrogens with one attached hydrogen (secondary N) is 2. The zero-order chi connectivity index (χ0) is 40.3. The third kappa shape index (κ3) is 12.2. The van der Waals surface area contributed by atoms with E-state index in [1.807, 2.05) is 0 Å². The molecular formula is C38H38Cl2F6N6O4. The summed E-state index contributed by atoms with van der Waals surface area (Å²) < 4.78 is 90.6. The van der Waals surface area contributed by atoms with Crippen LogP contribution in [0.1, 0.15) is 57.5 Å². The Labute approximate surface area is 329 Å². The van der Waals surface area contributed by atoms with Crippen LogP contribution in [-0.4, -0.2) is 84.1 Å². The Morgan fingerprint density at radius 2 is 1.00 bits per heavy atom. The molecule has 2 aliphatic rings. The Morgan fingerprint density at radius 1 is 0.625 bits per heavy atom. The van der Waals surface area contributed by atoms with Crippen molar-refractivity contribution < 1.29 is 45.4 Å². The number of carbonyl (C=O) groups is 2. The number of alkyl halides is 6. The molecule has 0 unspecified atom stereocenters. The van der Waals surface area contributed by atoms with Crippen molar-refractivity contribution in [2.24, 2.45) is 0 Å². The summed E-state index contributed by atoms with van der Waals surface area (Å²) in [6, 6.07) is 12.5. The molecule has 0 atom stereocenters. The van der Waals surface area contributed by atoms with E-state index in [-0.39, 0.29) is 57.5 Å². The summed E-state index contributed by atoms with van der Waals surface area (Å²) in [4.78, 5) is 36.5. The number of hydrogen-bond acceptors (Lipinski definition) is 8. The van der Waals surface area contributed by atoms with Crippen LogP contribution in [-0.2, 0) is 12.4 Å². The molecule has 18 heteroatoms. The first-order chi connectivity index (χ1) is 26.7. The van der Waals surface area contributed by atoms with Gasteiger partial charge in [-0.25, -0.2) is 9.97 Å². The highest BCUT2D eigenvalue weighted by Gasteiger charge is 2.36. The Bertz CT molecular complexity index is 1820. The molecule has 2 N–H and O–H groups in total. The van der Waals surface area contributed by atoms with Crippen molar-refractivity contribution in [1.82, 2.24) is 19.8 Å². The van der Waals surface area contributed by atoms with Gasteiger partial charge < -0.3 is 20.1 Å². The second kappa shape index (κ2) is 19.5. The van der Waals surface area contributed by atoms with Crippen LogP contribution in [0.4, 0.5) is 37.7 Å². The second-order valence-corrected chi connectivity index (χ2v) is 13.5. The van der Waals surface area contributed by atoms with Gasteiger partial charge in [0.05, 0.1) is 22.3 Å². The lowest BCUT2D eigenvalue weighted by Crippen LogP contribution is -2.25. The van der Waals surface area contributed by atoms with Gasteiger partial charge in [0.2, 0.25) is 0 Å². The summed E-state index contributed by atoms with van der Waals surface area (Å²) >= 11 is 11.8. The molecule has 10 nitrogen and oxygen atoms in total. The number of hydrogen-bond donors (Lipinski definition) is 2. The molecular weight excluding hydrogens is 789 g/mol. The molecule has 2 fully saturated rings. The largest absolute Gasteiger partial charge is 0.492 e. The minimum atomic E-state index is -4.56. The number of carbonyl (C=O) groups excluding carboxylic acids is 2. The van der Waals surface area contributed by atoms with Crippen molar-refractivity contribution in [3.8, 4) is 11.5 Å². The van der Waals surface area contributed by atoms with Crippen molar-refractivity contribution >= 4 is 46.4 Å². The topological polar surface area (TPSA) is 109 Å². The van der Waals surface area contributed by atoms with Crippen LogP contribution >= 0.6 is 23.2 Å². The summed E-state index contributed by atoms with van der Waals surface area (Å²) in [5.41, 5.74) is -1.16. The minimum absolute atomic E-state index is 0.00833. The second-order valence-electron chi connectivity index (χ2n) is 12.8. The number of amides is 2. The van der Waals surface area contributed by atoms with Gasteiger partial charge in [0.1, 0.15) is 35.0 Å². The first kappa shape index (κ1) is 42.5. The van der Waals surface area contributed by atoms with E-state index in [0.29, 0.717) is 13.1 Å². The lowest BCUT2D eigenvalue weighted by Gasteiger charge is -2.18. The van der Waals surface area contributed by atoms with Crippen LogP contribution in [0, 0.1) is 0 Å². The van der Waals surface area contributed by atoms with Crippen molar-refractivity contribution in [3.05, 3.63) is 106 Å². The third-order valence-electron chi connectivity index (χ3n) is 8.82. The van der Waals surface area contributed by atoms with E-state index >= 15 is 0 Å². The van der Waals surface area contributed by atoms with E-state index in [2.05, 4.69) is 30.4 Å². The predicted molar refractivity (Wildman–Crippen MR) is 200 cm³/mol. The number of anilines is 2. The minimum Gasteiger partial charge on any atom is -0.492 e. The van der Waals surface area contributed by atoms with Crippen molar-refractivity contribution in [2.45, 2.75) is 38.0 Å². The molecule has 2 aromatic heterocycles. The van der Waals surface area contributed by atoms with E-state index in [4.69, 9.17) is 32.7 Å². The van der Waals surface area contributed by atoms with Crippen molar-refractivity contribution in [2.75, 3.05) is 63.1 Å².